The maximum absolute atomic E-state index is 6.39. The summed E-state index contributed by atoms with van der Waals surface area (Å²) in [6.07, 6.45) is 0.830. The molecule has 0 spiro atoms. The van der Waals surface area contributed by atoms with Gasteiger partial charge in [-0.2, -0.15) is 0 Å². The minimum atomic E-state index is -0.313. The van der Waals surface area contributed by atoms with Gasteiger partial charge < -0.3 is 9.31 Å². The molecule has 0 N–H and O–H groups in total. The molecule has 0 amide bonds. The number of nitrogens with zero attached hydrogens (tertiary/aromatic N) is 1. The summed E-state index contributed by atoms with van der Waals surface area (Å²) in [6.45, 7) is 11.2. The fourth-order valence-corrected chi connectivity index (χ4v) is 4.51. The third-order valence-electron chi connectivity index (χ3n) is 7.03. The fraction of sp³-hybridized carbons (Fsp3) is 0.379. The Morgan fingerprint density at radius 1 is 0.667 bits per heavy atom. The normalized spacial score (nSPS) is 17.9. The van der Waals surface area contributed by atoms with Crippen molar-refractivity contribution in [1.29, 1.82) is 0 Å². The van der Waals surface area contributed by atoms with Gasteiger partial charge in [0.2, 0.25) is 0 Å². The van der Waals surface area contributed by atoms with E-state index < -0.39 is 0 Å². The zero-order valence-corrected chi connectivity index (χ0v) is 20.4. The molecule has 1 heterocycles. The van der Waals surface area contributed by atoms with Gasteiger partial charge in [0, 0.05) is 19.6 Å². The highest BCUT2D eigenvalue weighted by Crippen LogP contribution is 2.40. The van der Waals surface area contributed by atoms with Crippen LogP contribution >= 0.6 is 0 Å². The van der Waals surface area contributed by atoms with E-state index in [0.29, 0.717) is 5.92 Å². The highest BCUT2D eigenvalue weighted by molar-refractivity contribution is 6.45. The van der Waals surface area contributed by atoms with Crippen LogP contribution in [-0.2, 0) is 22.4 Å². The lowest BCUT2D eigenvalue weighted by Crippen LogP contribution is -2.41. The average Bonchev–Trinajstić information content (AvgIpc) is 3.01. The van der Waals surface area contributed by atoms with Crippen molar-refractivity contribution in [2.75, 3.05) is 6.54 Å². The summed E-state index contributed by atoms with van der Waals surface area (Å²) in [5.74, 6) is 0.299. The summed E-state index contributed by atoms with van der Waals surface area (Å²) in [7, 11) is -0.212. The van der Waals surface area contributed by atoms with Gasteiger partial charge in [0.05, 0.1) is 11.2 Å². The molecule has 1 saturated heterocycles. The minimum absolute atomic E-state index is 0.212. The smallest absolute Gasteiger partial charge is 0.403 e. The van der Waals surface area contributed by atoms with Crippen molar-refractivity contribution in [3.63, 3.8) is 0 Å². The zero-order chi connectivity index (χ0) is 23.3. The van der Waals surface area contributed by atoms with Crippen LogP contribution in [0, 0.1) is 0 Å². The van der Waals surface area contributed by atoms with Crippen LogP contribution in [0.2, 0.25) is 6.32 Å². The molecule has 172 valence electrons. The van der Waals surface area contributed by atoms with Crippen LogP contribution in [-0.4, -0.2) is 29.8 Å². The highest BCUT2D eigenvalue weighted by atomic mass is 16.7. The largest absolute Gasteiger partial charge is 0.458 e. The molecule has 0 unspecified atom stereocenters. The molecule has 1 atom stereocenters. The van der Waals surface area contributed by atoms with Crippen LogP contribution in [0.1, 0.15) is 50.3 Å². The molecular weight excluding hydrogens is 405 g/mol. The first-order chi connectivity index (χ1) is 15.8. The highest BCUT2D eigenvalue weighted by Gasteiger charge is 2.51. The monoisotopic (exact) mass is 441 g/mol. The fourth-order valence-electron chi connectivity index (χ4n) is 4.51. The summed E-state index contributed by atoms with van der Waals surface area (Å²) in [5, 5.41) is 0. The van der Waals surface area contributed by atoms with Crippen molar-refractivity contribution >= 4 is 7.12 Å². The van der Waals surface area contributed by atoms with Gasteiger partial charge in [-0.25, -0.2) is 0 Å². The Morgan fingerprint density at radius 3 is 1.55 bits per heavy atom. The van der Waals surface area contributed by atoms with Crippen LogP contribution in [0.4, 0.5) is 0 Å². The van der Waals surface area contributed by atoms with E-state index in [1.165, 1.54) is 16.7 Å². The van der Waals surface area contributed by atoms with Crippen LogP contribution in [0.25, 0.3) is 0 Å². The Bertz CT molecular complexity index is 934. The molecule has 0 aliphatic carbocycles. The Kier molecular flexibility index (Phi) is 7.38. The Labute approximate surface area is 199 Å². The summed E-state index contributed by atoms with van der Waals surface area (Å²) in [6, 6.07) is 32.3. The molecule has 0 radical (unpaired) electrons. The van der Waals surface area contributed by atoms with E-state index in [1.807, 2.05) is 0 Å². The molecule has 0 aromatic heterocycles. The van der Waals surface area contributed by atoms with Crippen molar-refractivity contribution in [2.45, 2.75) is 64.2 Å². The molecule has 3 aromatic carbocycles. The Balaban J connectivity index is 1.57. The van der Waals surface area contributed by atoms with Gasteiger partial charge in [-0.3, -0.25) is 4.90 Å². The van der Waals surface area contributed by atoms with Gasteiger partial charge in [-0.15, -0.1) is 0 Å². The molecule has 0 saturated carbocycles. The van der Waals surface area contributed by atoms with Crippen molar-refractivity contribution in [1.82, 2.24) is 4.90 Å². The quantitative estimate of drug-likeness (QED) is 0.351. The van der Waals surface area contributed by atoms with Gasteiger partial charge in [-0.05, 0) is 56.6 Å². The van der Waals surface area contributed by atoms with Crippen molar-refractivity contribution < 1.29 is 9.31 Å². The second kappa shape index (κ2) is 10.3. The first-order valence-electron chi connectivity index (χ1n) is 12.0. The van der Waals surface area contributed by atoms with E-state index in [9.17, 15) is 0 Å². The standard InChI is InChI=1S/C29H36BNO2/c1-28(2)29(3,4)33-30(32-28)20-27(26-18-12-7-13-19-26)23-31(21-24-14-8-5-9-15-24)22-25-16-10-6-11-17-25/h5-19,27H,20-23H2,1-4H3/t27-/m1/s1. The SMILES string of the molecule is CC1(C)OB(C[C@H](CN(Cc2ccccc2)Cc2ccccc2)c2ccccc2)OC1(C)C. The molecule has 1 fully saturated rings. The molecule has 1 aliphatic rings. The maximum Gasteiger partial charge on any atom is 0.458 e. The first-order valence-corrected chi connectivity index (χ1v) is 12.0. The van der Waals surface area contributed by atoms with Crippen molar-refractivity contribution in [3.05, 3.63) is 108 Å². The lowest BCUT2D eigenvalue weighted by molar-refractivity contribution is 0.00578. The number of hydrogen-bond acceptors (Lipinski definition) is 3. The first kappa shape index (κ1) is 23.8. The van der Waals surface area contributed by atoms with Crippen LogP contribution in [0.5, 0.6) is 0 Å². The Hall–Kier alpha value is -2.40. The molecule has 0 bridgehead atoms. The van der Waals surface area contributed by atoms with Crippen LogP contribution in [0.15, 0.2) is 91.0 Å². The second-order valence-electron chi connectivity index (χ2n) is 10.2. The summed E-state index contributed by atoms with van der Waals surface area (Å²) in [5.41, 5.74) is 3.37. The third kappa shape index (κ3) is 6.14. The Morgan fingerprint density at radius 2 is 1.09 bits per heavy atom. The molecule has 33 heavy (non-hydrogen) atoms. The van der Waals surface area contributed by atoms with E-state index in [2.05, 4.69) is 124 Å². The van der Waals surface area contributed by atoms with Gasteiger partial charge in [0.25, 0.3) is 0 Å². The summed E-state index contributed by atoms with van der Waals surface area (Å²) < 4.78 is 12.8. The predicted molar refractivity (Wildman–Crippen MR) is 137 cm³/mol. The number of rotatable bonds is 9. The molecule has 4 heteroatoms. The summed E-state index contributed by atoms with van der Waals surface area (Å²) in [4.78, 5) is 2.55. The molecule has 4 rings (SSSR count). The third-order valence-corrected chi connectivity index (χ3v) is 7.03. The van der Waals surface area contributed by atoms with Gasteiger partial charge in [0.15, 0.2) is 0 Å². The summed E-state index contributed by atoms with van der Waals surface area (Å²) >= 11 is 0. The maximum atomic E-state index is 6.39. The van der Waals surface area contributed by atoms with Crippen molar-refractivity contribution in [3.8, 4) is 0 Å². The van der Waals surface area contributed by atoms with E-state index >= 15 is 0 Å². The van der Waals surface area contributed by atoms with Gasteiger partial charge in [-0.1, -0.05) is 91.0 Å². The van der Waals surface area contributed by atoms with E-state index in [0.717, 1.165) is 26.0 Å². The molecule has 3 aromatic rings. The topological polar surface area (TPSA) is 21.7 Å². The van der Waals surface area contributed by atoms with Crippen LogP contribution in [0.3, 0.4) is 0 Å². The van der Waals surface area contributed by atoms with Crippen LogP contribution < -0.4 is 0 Å². The molecule has 1 aliphatic heterocycles. The van der Waals surface area contributed by atoms with Gasteiger partial charge in [0.1, 0.15) is 0 Å². The second-order valence-corrected chi connectivity index (χ2v) is 10.2. The van der Waals surface area contributed by atoms with Crippen molar-refractivity contribution in [2.24, 2.45) is 0 Å². The average molecular weight is 441 g/mol. The van der Waals surface area contributed by atoms with Gasteiger partial charge >= 0.3 is 7.12 Å². The van der Waals surface area contributed by atoms with E-state index in [1.54, 1.807) is 0 Å². The number of hydrogen-bond donors (Lipinski definition) is 0. The number of benzene rings is 3. The van der Waals surface area contributed by atoms with E-state index in [-0.39, 0.29) is 18.3 Å². The minimum Gasteiger partial charge on any atom is -0.403 e. The molecular formula is C29H36BNO2. The lowest BCUT2D eigenvalue weighted by atomic mass is 9.74. The molecule has 3 nitrogen and oxygen atoms in total. The lowest BCUT2D eigenvalue weighted by Gasteiger charge is -2.32. The zero-order valence-electron chi connectivity index (χ0n) is 20.4. The predicted octanol–water partition coefficient (Wildman–Crippen LogP) is 6.56. The van der Waals surface area contributed by atoms with E-state index in [4.69, 9.17) is 9.31 Å².